The van der Waals surface area contributed by atoms with Gasteiger partial charge in [0.25, 0.3) is 0 Å². The molecule has 4 aromatic rings. The first-order valence-corrected chi connectivity index (χ1v) is 10.2. The van der Waals surface area contributed by atoms with Crippen molar-refractivity contribution < 1.29 is 13.9 Å². The molecule has 31 heavy (non-hydrogen) atoms. The average molecular weight is 417 g/mol. The second kappa shape index (κ2) is 8.60. The fraction of sp³-hybridized carbons (Fsp3) is 0.200. The number of rotatable bonds is 6. The van der Waals surface area contributed by atoms with E-state index in [-0.39, 0.29) is 18.1 Å². The molecule has 158 valence electrons. The van der Waals surface area contributed by atoms with E-state index < -0.39 is 0 Å². The van der Waals surface area contributed by atoms with Gasteiger partial charge in [0.1, 0.15) is 17.2 Å². The minimum absolute atomic E-state index is 0.108. The molecular weight excluding hydrogens is 393 g/mol. The molecular formula is C25H24FN3O2. The van der Waals surface area contributed by atoms with Crippen molar-refractivity contribution in [2.75, 3.05) is 11.9 Å². The normalized spacial score (nSPS) is 11.0. The van der Waals surface area contributed by atoms with E-state index in [4.69, 9.17) is 9.72 Å². The maximum Gasteiger partial charge on any atom is 0.230 e. The number of hydrogen-bond donors (Lipinski definition) is 1. The van der Waals surface area contributed by atoms with Crippen LogP contribution < -0.4 is 10.1 Å². The lowest BCUT2D eigenvalue weighted by Gasteiger charge is -2.12. The first-order valence-electron chi connectivity index (χ1n) is 10.2. The molecule has 0 saturated carbocycles. The highest BCUT2D eigenvalue weighted by molar-refractivity contribution is 5.94. The molecule has 0 spiro atoms. The van der Waals surface area contributed by atoms with Crippen molar-refractivity contribution in [3.63, 3.8) is 0 Å². The zero-order chi connectivity index (χ0) is 22.0. The Morgan fingerprint density at radius 2 is 1.94 bits per heavy atom. The summed E-state index contributed by atoms with van der Waals surface area (Å²) in [5, 5.41) is 2.95. The molecule has 0 saturated heterocycles. The number of benzene rings is 2. The average Bonchev–Trinajstić information content (AvgIpc) is 3.09. The number of carbonyl (C=O) groups is 1. The number of carbonyl (C=O) groups excluding carboxylic acids is 1. The molecule has 0 bridgehead atoms. The van der Waals surface area contributed by atoms with Gasteiger partial charge in [-0.15, -0.1) is 0 Å². The number of aromatic nitrogens is 2. The standard InChI is InChI=1S/C25H24FN3O2/c1-4-31-22-8-6-5-7-20(22)27-24(30)14-21-25(18-10-11-19(26)17(3)13-18)28-23-12-9-16(2)15-29(21)23/h5-13,15H,4,14H2,1-3H3,(H,27,30). The van der Waals surface area contributed by atoms with Gasteiger partial charge < -0.3 is 14.5 Å². The second-order valence-corrected chi connectivity index (χ2v) is 7.46. The second-order valence-electron chi connectivity index (χ2n) is 7.46. The van der Waals surface area contributed by atoms with Crippen LogP contribution in [0, 0.1) is 19.7 Å². The van der Waals surface area contributed by atoms with Crippen LogP contribution in [0.25, 0.3) is 16.9 Å². The lowest BCUT2D eigenvalue weighted by Crippen LogP contribution is -2.17. The monoisotopic (exact) mass is 417 g/mol. The highest BCUT2D eigenvalue weighted by atomic mass is 19.1. The van der Waals surface area contributed by atoms with Gasteiger partial charge >= 0.3 is 0 Å². The molecule has 0 atom stereocenters. The van der Waals surface area contributed by atoms with Crippen molar-refractivity contribution in [3.8, 4) is 17.0 Å². The van der Waals surface area contributed by atoms with Crippen molar-refractivity contribution in [2.45, 2.75) is 27.2 Å². The third kappa shape index (κ3) is 4.28. The van der Waals surface area contributed by atoms with Crippen LogP contribution in [0.5, 0.6) is 5.75 Å². The molecule has 1 N–H and O–H groups in total. The first-order chi connectivity index (χ1) is 15.0. The van der Waals surface area contributed by atoms with E-state index in [0.717, 1.165) is 22.5 Å². The van der Waals surface area contributed by atoms with Crippen LogP contribution in [0.3, 0.4) is 0 Å². The highest BCUT2D eigenvalue weighted by Gasteiger charge is 2.19. The molecule has 2 heterocycles. The molecule has 1 amide bonds. The molecule has 5 nitrogen and oxygen atoms in total. The number of nitrogens with zero attached hydrogens (tertiary/aromatic N) is 2. The third-order valence-electron chi connectivity index (χ3n) is 5.09. The summed E-state index contributed by atoms with van der Waals surface area (Å²) in [7, 11) is 0. The van der Waals surface area contributed by atoms with Gasteiger partial charge in [0.2, 0.25) is 5.91 Å². The van der Waals surface area contributed by atoms with Crippen LogP contribution in [0.15, 0.2) is 60.8 Å². The van der Waals surface area contributed by atoms with E-state index in [2.05, 4.69) is 5.32 Å². The fourth-order valence-electron chi connectivity index (χ4n) is 3.59. The van der Waals surface area contributed by atoms with Gasteiger partial charge in [-0.05, 0) is 68.3 Å². The number of imidazole rings is 1. The lowest BCUT2D eigenvalue weighted by molar-refractivity contribution is -0.115. The van der Waals surface area contributed by atoms with Crippen LogP contribution in [0.1, 0.15) is 23.7 Å². The fourth-order valence-corrected chi connectivity index (χ4v) is 3.59. The SMILES string of the molecule is CCOc1ccccc1NC(=O)Cc1c(-c2ccc(F)c(C)c2)nc2ccc(C)cn12. The predicted octanol–water partition coefficient (Wildman–Crippen LogP) is 5.34. The lowest BCUT2D eigenvalue weighted by atomic mass is 10.1. The molecule has 0 radical (unpaired) electrons. The van der Waals surface area contributed by atoms with E-state index in [1.807, 2.05) is 60.8 Å². The number of nitrogens with one attached hydrogen (secondary N) is 1. The Labute approximate surface area is 180 Å². The van der Waals surface area contributed by atoms with Gasteiger partial charge in [0.05, 0.1) is 30.1 Å². The largest absolute Gasteiger partial charge is 0.492 e. The van der Waals surface area contributed by atoms with Crippen LogP contribution in [0.4, 0.5) is 10.1 Å². The minimum Gasteiger partial charge on any atom is -0.492 e. The summed E-state index contributed by atoms with van der Waals surface area (Å²) < 4.78 is 21.4. The molecule has 0 aliphatic rings. The van der Waals surface area contributed by atoms with E-state index in [1.165, 1.54) is 6.07 Å². The van der Waals surface area contributed by atoms with Crippen molar-refractivity contribution in [3.05, 3.63) is 83.4 Å². The Kier molecular flexibility index (Phi) is 5.71. The van der Waals surface area contributed by atoms with E-state index in [9.17, 15) is 9.18 Å². The number of pyridine rings is 1. The number of aryl methyl sites for hydroxylation is 2. The maximum absolute atomic E-state index is 13.8. The number of anilines is 1. The zero-order valence-electron chi connectivity index (χ0n) is 17.8. The van der Waals surface area contributed by atoms with E-state index in [0.29, 0.717) is 29.3 Å². The summed E-state index contributed by atoms with van der Waals surface area (Å²) in [6, 6.07) is 16.1. The predicted molar refractivity (Wildman–Crippen MR) is 120 cm³/mol. The van der Waals surface area contributed by atoms with Crippen LogP contribution in [-0.4, -0.2) is 21.9 Å². The number of halogens is 1. The molecule has 4 rings (SSSR count). The molecule has 0 fully saturated rings. The zero-order valence-corrected chi connectivity index (χ0v) is 17.8. The number of fused-ring (bicyclic) bond motifs is 1. The number of hydrogen-bond acceptors (Lipinski definition) is 3. The molecule has 2 aromatic heterocycles. The Morgan fingerprint density at radius 3 is 2.71 bits per heavy atom. The van der Waals surface area contributed by atoms with Gasteiger partial charge in [-0.25, -0.2) is 9.37 Å². The van der Waals surface area contributed by atoms with Crippen LogP contribution in [0.2, 0.25) is 0 Å². The van der Waals surface area contributed by atoms with Gasteiger partial charge in [0, 0.05) is 11.8 Å². The summed E-state index contributed by atoms with van der Waals surface area (Å²) in [6.45, 7) is 6.11. The van der Waals surface area contributed by atoms with Gasteiger partial charge in [0.15, 0.2) is 0 Å². The Morgan fingerprint density at radius 1 is 1.13 bits per heavy atom. The molecule has 0 aliphatic carbocycles. The smallest absolute Gasteiger partial charge is 0.230 e. The summed E-state index contributed by atoms with van der Waals surface area (Å²) in [5.41, 5.74) is 5.14. The van der Waals surface area contributed by atoms with Crippen LogP contribution >= 0.6 is 0 Å². The number of ether oxygens (including phenoxy) is 1. The highest BCUT2D eigenvalue weighted by Crippen LogP contribution is 2.28. The quantitative estimate of drug-likeness (QED) is 0.461. The molecule has 0 aliphatic heterocycles. The summed E-state index contributed by atoms with van der Waals surface area (Å²) in [5.74, 6) is 0.174. The number of para-hydroxylation sites is 2. The van der Waals surface area contributed by atoms with Gasteiger partial charge in [-0.3, -0.25) is 4.79 Å². The van der Waals surface area contributed by atoms with Crippen molar-refractivity contribution in [1.82, 2.24) is 9.38 Å². The number of amides is 1. The topological polar surface area (TPSA) is 55.6 Å². The van der Waals surface area contributed by atoms with Gasteiger partial charge in [-0.1, -0.05) is 18.2 Å². The van der Waals surface area contributed by atoms with Crippen molar-refractivity contribution in [2.24, 2.45) is 0 Å². The molecule has 2 aromatic carbocycles. The minimum atomic E-state index is -0.268. The van der Waals surface area contributed by atoms with Crippen LogP contribution in [-0.2, 0) is 11.2 Å². The Bertz CT molecular complexity index is 1260. The maximum atomic E-state index is 13.8. The summed E-state index contributed by atoms with van der Waals surface area (Å²) in [4.78, 5) is 17.7. The van der Waals surface area contributed by atoms with E-state index in [1.54, 1.807) is 19.1 Å². The van der Waals surface area contributed by atoms with E-state index >= 15 is 0 Å². The molecule has 0 unspecified atom stereocenters. The summed E-state index contributed by atoms with van der Waals surface area (Å²) >= 11 is 0. The van der Waals surface area contributed by atoms with Crippen molar-refractivity contribution >= 4 is 17.2 Å². The molecule has 6 heteroatoms. The first kappa shape index (κ1) is 20.6. The van der Waals surface area contributed by atoms with Crippen molar-refractivity contribution in [1.29, 1.82) is 0 Å². The Hall–Kier alpha value is -3.67. The Balaban J connectivity index is 1.73. The third-order valence-corrected chi connectivity index (χ3v) is 5.09. The summed E-state index contributed by atoms with van der Waals surface area (Å²) in [6.07, 6.45) is 2.07. The van der Waals surface area contributed by atoms with Gasteiger partial charge in [-0.2, -0.15) is 0 Å².